The lowest BCUT2D eigenvalue weighted by molar-refractivity contribution is 0.371. The fraction of sp³-hybridized carbons (Fsp3) is 0.368. The molecule has 1 aromatic carbocycles. The molecule has 3 rings (SSSR count). The average molecular weight is 451 g/mol. The Morgan fingerprint density at radius 2 is 1.80 bits per heavy atom. The minimum atomic E-state index is 0. The van der Waals surface area contributed by atoms with Gasteiger partial charge in [0.15, 0.2) is 5.96 Å². The second kappa shape index (κ2) is 9.60. The number of nitrogens with one attached hydrogen (secondary N) is 1. The van der Waals surface area contributed by atoms with Gasteiger partial charge in [-0.1, -0.05) is 30.3 Å². The quantitative estimate of drug-likeness (QED) is 0.443. The summed E-state index contributed by atoms with van der Waals surface area (Å²) in [6, 6.07) is 14.5. The van der Waals surface area contributed by atoms with E-state index < -0.39 is 0 Å². The lowest BCUT2D eigenvalue weighted by Crippen LogP contribution is -2.52. The van der Waals surface area contributed by atoms with Crippen molar-refractivity contribution in [2.45, 2.75) is 13.5 Å². The molecule has 6 heteroatoms. The number of aromatic nitrogens is 1. The van der Waals surface area contributed by atoms with E-state index in [1.807, 2.05) is 25.4 Å². The van der Waals surface area contributed by atoms with Gasteiger partial charge >= 0.3 is 0 Å². The highest BCUT2D eigenvalue weighted by molar-refractivity contribution is 14.0. The summed E-state index contributed by atoms with van der Waals surface area (Å²) >= 11 is 0. The van der Waals surface area contributed by atoms with Gasteiger partial charge in [-0.05, 0) is 30.2 Å². The van der Waals surface area contributed by atoms with Crippen LogP contribution < -0.4 is 10.2 Å². The molecule has 0 aliphatic carbocycles. The first kappa shape index (κ1) is 19.5. The Kier molecular flexibility index (Phi) is 7.49. The number of guanidine groups is 1. The Balaban J connectivity index is 0.00000225. The number of piperazine rings is 1. The number of nitrogens with zero attached hydrogens (tertiary/aromatic N) is 4. The molecule has 1 N–H and O–H groups in total. The van der Waals surface area contributed by atoms with Crippen LogP contribution in [-0.4, -0.2) is 49.1 Å². The lowest BCUT2D eigenvalue weighted by atomic mass is 10.1. The molecule has 0 amide bonds. The van der Waals surface area contributed by atoms with Gasteiger partial charge in [-0.25, -0.2) is 4.98 Å². The van der Waals surface area contributed by atoms with Crippen LogP contribution in [0.5, 0.6) is 0 Å². The van der Waals surface area contributed by atoms with E-state index in [9.17, 15) is 0 Å². The molecular weight excluding hydrogens is 425 g/mol. The molecule has 1 fully saturated rings. The van der Waals surface area contributed by atoms with Crippen LogP contribution >= 0.6 is 24.0 Å². The summed E-state index contributed by atoms with van der Waals surface area (Å²) < 4.78 is 0. The molecule has 0 saturated carbocycles. The molecular formula is C19H26IN5. The molecule has 1 saturated heterocycles. The van der Waals surface area contributed by atoms with Crippen molar-refractivity contribution in [3.8, 4) is 0 Å². The molecule has 2 heterocycles. The minimum absolute atomic E-state index is 0. The third-order valence-electron chi connectivity index (χ3n) is 4.46. The zero-order chi connectivity index (χ0) is 16.8. The SMILES string of the molecule is CN=C(NCc1ccccc1C)N1CCN(c2ccccn2)CC1.I. The summed E-state index contributed by atoms with van der Waals surface area (Å²) in [5.41, 5.74) is 2.62. The molecule has 134 valence electrons. The molecule has 0 radical (unpaired) electrons. The first-order chi connectivity index (χ1) is 11.8. The molecule has 1 aliphatic heterocycles. The van der Waals surface area contributed by atoms with E-state index >= 15 is 0 Å². The lowest BCUT2D eigenvalue weighted by Gasteiger charge is -2.37. The zero-order valence-electron chi connectivity index (χ0n) is 14.9. The maximum absolute atomic E-state index is 4.45. The van der Waals surface area contributed by atoms with E-state index in [2.05, 4.69) is 62.3 Å². The van der Waals surface area contributed by atoms with Crippen molar-refractivity contribution in [3.63, 3.8) is 0 Å². The predicted octanol–water partition coefficient (Wildman–Crippen LogP) is 2.91. The zero-order valence-corrected chi connectivity index (χ0v) is 17.2. The van der Waals surface area contributed by atoms with Crippen LogP contribution in [0.4, 0.5) is 5.82 Å². The molecule has 0 bridgehead atoms. The van der Waals surface area contributed by atoms with Crippen LogP contribution in [-0.2, 0) is 6.54 Å². The summed E-state index contributed by atoms with van der Waals surface area (Å²) in [6.45, 7) is 6.77. The van der Waals surface area contributed by atoms with E-state index in [1.54, 1.807) is 0 Å². The Morgan fingerprint density at radius 3 is 2.44 bits per heavy atom. The molecule has 1 aromatic heterocycles. The van der Waals surface area contributed by atoms with Gasteiger partial charge in [0.2, 0.25) is 0 Å². The number of aliphatic imine (C=N–C) groups is 1. The topological polar surface area (TPSA) is 43.8 Å². The fourth-order valence-corrected chi connectivity index (χ4v) is 3.00. The first-order valence-corrected chi connectivity index (χ1v) is 8.44. The number of anilines is 1. The van der Waals surface area contributed by atoms with Crippen molar-refractivity contribution in [2.24, 2.45) is 4.99 Å². The van der Waals surface area contributed by atoms with Crippen molar-refractivity contribution in [1.82, 2.24) is 15.2 Å². The number of rotatable bonds is 3. The van der Waals surface area contributed by atoms with Gasteiger partial charge in [-0.15, -0.1) is 24.0 Å². The van der Waals surface area contributed by atoms with Crippen LogP contribution in [0.2, 0.25) is 0 Å². The minimum Gasteiger partial charge on any atom is -0.353 e. The highest BCUT2D eigenvalue weighted by Gasteiger charge is 2.20. The normalized spacial score (nSPS) is 14.9. The van der Waals surface area contributed by atoms with E-state index in [0.29, 0.717) is 0 Å². The van der Waals surface area contributed by atoms with Crippen LogP contribution in [0, 0.1) is 6.92 Å². The van der Waals surface area contributed by atoms with Gasteiger partial charge in [-0.3, -0.25) is 4.99 Å². The van der Waals surface area contributed by atoms with Crippen molar-refractivity contribution in [2.75, 3.05) is 38.1 Å². The number of benzene rings is 1. The standard InChI is InChI=1S/C19H25N5.HI/c1-16-7-3-4-8-17(16)15-22-19(20-2)24-13-11-23(12-14-24)18-9-5-6-10-21-18;/h3-10H,11-15H2,1-2H3,(H,20,22);1H. The number of halogens is 1. The number of pyridine rings is 1. The second-order valence-electron chi connectivity index (χ2n) is 5.99. The molecule has 25 heavy (non-hydrogen) atoms. The van der Waals surface area contributed by atoms with Gasteiger partial charge < -0.3 is 15.1 Å². The largest absolute Gasteiger partial charge is 0.353 e. The average Bonchev–Trinajstić information content (AvgIpc) is 2.65. The highest BCUT2D eigenvalue weighted by atomic mass is 127. The third kappa shape index (κ3) is 5.07. The van der Waals surface area contributed by atoms with E-state index in [0.717, 1.165) is 44.5 Å². The van der Waals surface area contributed by atoms with E-state index in [1.165, 1.54) is 11.1 Å². The van der Waals surface area contributed by atoms with Crippen LogP contribution in [0.25, 0.3) is 0 Å². The fourth-order valence-electron chi connectivity index (χ4n) is 3.00. The van der Waals surface area contributed by atoms with E-state index in [4.69, 9.17) is 0 Å². The smallest absolute Gasteiger partial charge is 0.194 e. The van der Waals surface area contributed by atoms with Crippen molar-refractivity contribution in [3.05, 3.63) is 59.8 Å². The number of hydrogen-bond donors (Lipinski definition) is 1. The first-order valence-electron chi connectivity index (χ1n) is 8.44. The van der Waals surface area contributed by atoms with Gasteiger partial charge in [0.05, 0.1) is 0 Å². The summed E-state index contributed by atoms with van der Waals surface area (Å²) in [5.74, 6) is 2.03. The summed E-state index contributed by atoms with van der Waals surface area (Å²) in [6.07, 6.45) is 1.85. The Bertz CT molecular complexity index is 681. The highest BCUT2D eigenvalue weighted by Crippen LogP contribution is 2.13. The van der Waals surface area contributed by atoms with Crippen LogP contribution in [0.3, 0.4) is 0 Å². The van der Waals surface area contributed by atoms with Crippen molar-refractivity contribution < 1.29 is 0 Å². The Morgan fingerprint density at radius 1 is 1.08 bits per heavy atom. The third-order valence-corrected chi connectivity index (χ3v) is 4.46. The molecule has 0 atom stereocenters. The Labute approximate surface area is 167 Å². The van der Waals surface area contributed by atoms with Gasteiger partial charge in [0.25, 0.3) is 0 Å². The summed E-state index contributed by atoms with van der Waals surface area (Å²) in [4.78, 5) is 13.5. The van der Waals surface area contributed by atoms with Crippen molar-refractivity contribution >= 4 is 35.8 Å². The van der Waals surface area contributed by atoms with Crippen LogP contribution in [0.1, 0.15) is 11.1 Å². The maximum atomic E-state index is 4.45. The predicted molar refractivity (Wildman–Crippen MR) is 115 cm³/mol. The summed E-state index contributed by atoms with van der Waals surface area (Å²) in [7, 11) is 1.85. The van der Waals surface area contributed by atoms with E-state index in [-0.39, 0.29) is 24.0 Å². The molecule has 5 nitrogen and oxygen atoms in total. The molecule has 0 spiro atoms. The molecule has 2 aromatic rings. The van der Waals surface area contributed by atoms with Crippen molar-refractivity contribution in [1.29, 1.82) is 0 Å². The Hall–Kier alpha value is -1.83. The van der Waals surface area contributed by atoms with Gasteiger partial charge in [0, 0.05) is 46.0 Å². The van der Waals surface area contributed by atoms with Crippen LogP contribution in [0.15, 0.2) is 53.7 Å². The number of aryl methyl sites for hydroxylation is 1. The molecule has 1 aliphatic rings. The summed E-state index contributed by atoms with van der Waals surface area (Å²) in [5, 5.41) is 3.49. The van der Waals surface area contributed by atoms with Gasteiger partial charge in [0.1, 0.15) is 5.82 Å². The monoisotopic (exact) mass is 451 g/mol. The second-order valence-corrected chi connectivity index (χ2v) is 5.99. The van der Waals surface area contributed by atoms with Gasteiger partial charge in [-0.2, -0.15) is 0 Å². The maximum Gasteiger partial charge on any atom is 0.194 e. The number of hydrogen-bond acceptors (Lipinski definition) is 3. The molecule has 0 unspecified atom stereocenters.